The second-order valence-electron chi connectivity index (χ2n) is 8.98. The van der Waals surface area contributed by atoms with Gasteiger partial charge in [-0.25, -0.2) is 0 Å². The largest absolute Gasteiger partial charge is 0.330 e. The highest BCUT2D eigenvalue weighted by atomic mass is 79.9. The molecule has 3 nitrogen and oxygen atoms in total. The van der Waals surface area contributed by atoms with Crippen molar-refractivity contribution < 1.29 is 0 Å². The lowest BCUT2D eigenvalue weighted by molar-refractivity contribution is 0.907. The van der Waals surface area contributed by atoms with E-state index in [0.717, 1.165) is 0 Å². The van der Waals surface area contributed by atoms with E-state index in [1.165, 1.54) is 66.5 Å². The summed E-state index contributed by atoms with van der Waals surface area (Å²) in [5.74, 6) is 2.49. The zero-order chi connectivity index (χ0) is 21.9. The fourth-order valence-corrected chi connectivity index (χ4v) is 7.56. The van der Waals surface area contributed by atoms with E-state index in [1.807, 2.05) is 0 Å². The van der Waals surface area contributed by atoms with Gasteiger partial charge in [-0.05, 0) is 51.7 Å². The van der Waals surface area contributed by atoms with Gasteiger partial charge in [0.2, 0.25) is 0 Å². The molecule has 0 spiro atoms. The van der Waals surface area contributed by atoms with Crippen molar-refractivity contribution in [3.05, 3.63) is 66.2 Å². The van der Waals surface area contributed by atoms with Crippen LogP contribution in [-0.4, -0.2) is 20.2 Å². The third kappa shape index (κ3) is 2.14. The molecule has 0 radical (unpaired) electrons. The number of aromatic nitrogens is 2. The van der Waals surface area contributed by atoms with E-state index in [1.54, 1.807) is 0 Å². The second kappa shape index (κ2) is 6.36. The molecule has 3 aromatic carbocycles. The Balaban J connectivity index is 1.71. The molecule has 0 aliphatic carbocycles. The van der Waals surface area contributed by atoms with Crippen LogP contribution in [0, 0.1) is 6.92 Å². The van der Waals surface area contributed by atoms with Gasteiger partial charge in [0.25, 0.3) is 11.1 Å². The van der Waals surface area contributed by atoms with Gasteiger partial charge in [0.1, 0.15) is 11.6 Å². The predicted octanol–water partition coefficient (Wildman–Crippen LogP) is 4.08. The van der Waals surface area contributed by atoms with Gasteiger partial charge >= 0.3 is 0 Å². The highest BCUT2D eigenvalue weighted by Gasteiger charge is 2.45. The SMILES string of the molecule is Cc1cc2c3c(c1)B(Br)c1c(n(C)c4ccccc14)N3c1c(c3ccccc3n1C)B2Br. The van der Waals surface area contributed by atoms with E-state index in [4.69, 9.17) is 0 Å². The normalized spacial score (nSPS) is 14.2. The predicted molar refractivity (Wildman–Crippen MR) is 147 cm³/mol. The van der Waals surface area contributed by atoms with Crippen LogP contribution in [0.15, 0.2) is 60.7 Å². The molecular weight excluding hydrogens is 524 g/mol. The highest BCUT2D eigenvalue weighted by molar-refractivity contribution is 9.25. The maximum atomic E-state index is 4.12. The molecule has 2 aliphatic rings. The summed E-state index contributed by atoms with van der Waals surface area (Å²) in [7, 11) is 4.39. The van der Waals surface area contributed by atoms with Crippen LogP contribution < -0.4 is 26.8 Å². The Hall–Kier alpha value is -2.37. The molecule has 0 unspecified atom stereocenters. The topological polar surface area (TPSA) is 13.1 Å². The number of halogens is 2. The van der Waals surface area contributed by atoms with Crippen molar-refractivity contribution in [2.45, 2.75) is 6.92 Å². The molecule has 32 heavy (non-hydrogen) atoms. The summed E-state index contributed by atoms with van der Waals surface area (Å²) in [5, 5.41) is 2.61. The Morgan fingerprint density at radius 1 is 0.688 bits per heavy atom. The molecule has 2 aliphatic heterocycles. The van der Waals surface area contributed by atoms with Gasteiger partial charge in [0.15, 0.2) is 0 Å². The van der Waals surface area contributed by atoms with E-state index in [9.17, 15) is 0 Å². The van der Waals surface area contributed by atoms with Crippen LogP contribution in [0.3, 0.4) is 0 Å². The summed E-state index contributed by atoms with van der Waals surface area (Å²) in [6, 6.07) is 22.2. The number of aryl methyl sites for hydroxylation is 3. The first kappa shape index (κ1) is 19.1. The number of hydrogen-bond donors (Lipinski definition) is 0. The molecule has 0 atom stereocenters. The number of anilines is 3. The minimum atomic E-state index is 0.143. The van der Waals surface area contributed by atoms with E-state index in [0.29, 0.717) is 0 Å². The Kier molecular flexibility index (Phi) is 3.80. The molecule has 0 bridgehead atoms. The van der Waals surface area contributed by atoms with Crippen molar-refractivity contribution in [3.8, 4) is 0 Å². The molecular formula is C25H19B2Br2N3. The van der Waals surface area contributed by atoms with Crippen molar-refractivity contribution in [2.75, 3.05) is 4.90 Å². The van der Waals surface area contributed by atoms with Crippen LogP contribution in [0.4, 0.5) is 17.3 Å². The Morgan fingerprint density at radius 2 is 1.12 bits per heavy atom. The van der Waals surface area contributed by atoms with Crippen LogP contribution in [0.25, 0.3) is 21.8 Å². The molecule has 0 saturated carbocycles. The molecule has 7 rings (SSSR count). The first-order valence-electron chi connectivity index (χ1n) is 10.9. The van der Waals surface area contributed by atoms with Crippen LogP contribution in [0.5, 0.6) is 0 Å². The zero-order valence-electron chi connectivity index (χ0n) is 18.0. The van der Waals surface area contributed by atoms with E-state index in [-0.39, 0.29) is 11.1 Å². The summed E-state index contributed by atoms with van der Waals surface area (Å²) in [6.07, 6.45) is 0. The lowest BCUT2D eigenvalue weighted by atomic mass is 9.53. The number of nitrogens with zero attached hydrogens (tertiary/aromatic N) is 3. The summed E-state index contributed by atoms with van der Waals surface area (Å²) >= 11 is 8.24. The van der Waals surface area contributed by atoms with Gasteiger partial charge in [0, 0.05) is 30.8 Å². The summed E-state index contributed by atoms with van der Waals surface area (Å²) < 4.78 is 4.73. The van der Waals surface area contributed by atoms with Crippen LogP contribution in [0.1, 0.15) is 5.56 Å². The second-order valence-corrected chi connectivity index (χ2v) is 10.8. The number of rotatable bonds is 0. The molecule has 7 heteroatoms. The minimum Gasteiger partial charge on any atom is -0.330 e. The van der Waals surface area contributed by atoms with Crippen molar-refractivity contribution in [1.29, 1.82) is 0 Å². The molecule has 2 aromatic heterocycles. The third-order valence-electron chi connectivity index (χ3n) is 7.24. The lowest BCUT2D eigenvalue weighted by Crippen LogP contribution is -2.56. The van der Waals surface area contributed by atoms with E-state index >= 15 is 0 Å². The number of para-hydroxylation sites is 2. The standard InChI is InChI=1S/C25H19B2Br2N3/c1-14-12-17-23-18(13-14)27(29)22-16-9-5-7-11-20(16)31(3)25(22)32(23)24-21(26(17)28)15-8-4-6-10-19(15)30(24)2/h4-13H,1-3H3. The molecule has 5 aromatic rings. The van der Waals surface area contributed by atoms with Gasteiger partial charge < -0.3 is 9.13 Å². The van der Waals surface area contributed by atoms with Crippen molar-refractivity contribution in [2.24, 2.45) is 14.1 Å². The molecule has 0 N–H and O–H groups in total. The molecule has 0 amide bonds. The zero-order valence-corrected chi connectivity index (χ0v) is 21.2. The number of benzene rings is 3. The first-order chi connectivity index (χ1) is 15.5. The van der Waals surface area contributed by atoms with Crippen LogP contribution in [0.2, 0.25) is 0 Å². The van der Waals surface area contributed by atoms with E-state index in [2.05, 4.69) is 127 Å². The maximum absolute atomic E-state index is 4.12. The van der Waals surface area contributed by atoms with Crippen LogP contribution in [-0.2, 0) is 14.1 Å². The van der Waals surface area contributed by atoms with Gasteiger partial charge in [-0.3, -0.25) is 4.90 Å². The fourth-order valence-electron chi connectivity index (χ4n) is 5.96. The van der Waals surface area contributed by atoms with Gasteiger partial charge in [-0.15, -0.1) is 31.5 Å². The van der Waals surface area contributed by atoms with Crippen molar-refractivity contribution >= 4 is 104 Å². The maximum Gasteiger partial charge on any atom is 0.294 e. The van der Waals surface area contributed by atoms with Crippen molar-refractivity contribution in [3.63, 3.8) is 0 Å². The van der Waals surface area contributed by atoms with E-state index < -0.39 is 0 Å². The third-order valence-corrected chi connectivity index (χ3v) is 9.14. The Morgan fingerprint density at radius 3 is 1.59 bits per heavy atom. The lowest BCUT2D eigenvalue weighted by Gasteiger charge is -2.40. The average Bonchev–Trinajstić information content (AvgIpc) is 3.26. The summed E-state index contributed by atoms with van der Waals surface area (Å²) in [4.78, 5) is 2.52. The average molecular weight is 543 g/mol. The molecule has 154 valence electrons. The minimum absolute atomic E-state index is 0.143. The fraction of sp³-hybridized carbons (Fsp3) is 0.120. The highest BCUT2D eigenvalue weighted by Crippen LogP contribution is 2.43. The summed E-state index contributed by atoms with van der Waals surface area (Å²) in [6.45, 7) is 2.21. The van der Waals surface area contributed by atoms with Gasteiger partial charge in [-0.2, -0.15) is 0 Å². The quantitative estimate of drug-likeness (QED) is 0.269. The monoisotopic (exact) mass is 541 g/mol. The number of hydrogen-bond acceptors (Lipinski definition) is 1. The number of fused-ring (bicyclic) bond motifs is 8. The molecule has 0 saturated heterocycles. The Labute approximate surface area is 204 Å². The van der Waals surface area contributed by atoms with Crippen molar-refractivity contribution in [1.82, 2.24) is 9.13 Å². The smallest absolute Gasteiger partial charge is 0.294 e. The van der Waals surface area contributed by atoms with Gasteiger partial charge in [-0.1, -0.05) is 54.1 Å². The molecule has 0 fully saturated rings. The molecule has 4 heterocycles. The van der Waals surface area contributed by atoms with Crippen LogP contribution >= 0.6 is 31.5 Å². The summed E-state index contributed by atoms with van der Waals surface area (Å²) in [5.41, 5.74) is 10.8. The Bertz CT molecular complexity index is 1500. The first-order valence-corrected chi connectivity index (χ1v) is 12.7. The van der Waals surface area contributed by atoms with Gasteiger partial charge in [0.05, 0.1) is 0 Å².